The molecule has 0 atom stereocenters. The van der Waals surface area contributed by atoms with Crippen LogP contribution < -0.4 is 24.6 Å². The highest BCUT2D eigenvalue weighted by atomic mass is 16.5. The van der Waals surface area contributed by atoms with Crippen molar-refractivity contribution in [2.24, 2.45) is 0 Å². The first-order valence-electron chi connectivity index (χ1n) is 9.43. The molecule has 1 fully saturated rings. The van der Waals surface area contributed by atoms with Gasteiger partial charge in [-0.25, -0.2) is 0 Å². The summed E-state index contributed by atoms with van der Waals surface area (Å²) in [7, 11) is 1.68. The molecule has 1 heterocycles. The number of piperazine rings is 1. The van der Waals surface area contributed by atoms with Gasteiger partial charge in [0.25, 0.3) is 5.91 Å². The van der Waals surface area contributed by atoms with Gasteiger partial charge in [0.05, 0.1) is 39.9 Å². The maximum absolute atomic E-state index is 12.3. The fraction of sp³-hybridized carbons (Fsp3) is 0.381. The first-order valence-corrected chi connectivity index (χ1v) is 9.43. The van der Waals surface area contributed by atoms with E-state index in [4.69, 9.17) is 9.47 Å². The number of nitrogens with one attached hydrogen (secondary N) is 2. The van der Waals surface area contributed by atoms with Crippen molar-refractivity contribution >= 4 is 17.3 Å². The van der Waals surface area contributed by atoms with Gasteiger partial charge in [-0.3, -0.25) is 4.79 Å². The van der Waals surface area contributed by atoms with Crippen LogP contribution in [0, 0.1) is 0 Å². The van der Waals surface area contributed by atoms with Gasteiger partial charge in [0.15, 0.2) is 6.54 Å². The van der Waals surface area contributed by atoms with Crippen LogP contribution in [0.5, 0.6) is 11.5 Å². The minimum Gasteiger partial charge on any atom is -0.497 e. The van der Waals surface area contributed by atoms with E-state index in [0.29, 0.717) is 13.2 Å². The van der Waals surface area contributed by atoms with Gasteiger partial charge < -0.3 is 24.6 Å². The van der Waals surface area contributed by atoms with Crippen molar-refractivity contribution in [1.82, 2.24) is 0 Å². The van der Waals surface area contributed by atoms with E-state index in [1.54, 1.807) is 7.11 Å². The zero-order valence-electron chi connectivity index (χ0n) is 16.0. The lowest BCUT2D eigenvalue weighted by Gasteiger charge is -2.33. The van der Waals surface area contributed by atoms with Crippen LogP contribution in [0.25, 0.3) is 0 Å². The van der Waals surface area contributed by atoms with Crippen molar-refractivity contribution < 1.29 is 19.2 Å². The molecule has 0 spiro atoms. The van der Waals surface area contributed by atoms with E-state index in [2.05, 4.69) is 22.3 Å². The fourth-order valence-corrected chi connectivity index (χ4v) is 3.30. The van der Waals surface area contributed by atoms with Gasteiger partial charge >= 0.3 is 0 Å². The standard InChI is InChI=1S/C21H27N3O3/c1-3-27-19-9-7-17(8-10-19)22-21(25)16-23-11-13-24(14-12-23)18-5-4-6-20(15-18)26-2/h4-10,15H,3,11-14,16H2,1-2H3,(H,22,25)/p+1. The lowest BCUT2D eigenvalue weighted by molar-refractivity contribution is -0.892. The van der Waals surface area contributed by atoms with Gasteiger partial charge in [-0.2, -0.15) is 0 Å². The number of carbonyl (C=O) groups is 1. The zero-order valence-corrected chi connectivity index (χ0v) is 16.0. The minimum absolute atomic E-state index is 0.0454. The van der Waals surface area contributed by atoms with E-state index in [9.17, 15) is 4.79 Å². The molecule has 144 valence electrons. The molecule has 0 aliphatic carbocycles. The summed E-state index contributed by atoms with van der Waals surface area (Å²) in [4.78, 5) is 16.0. The topological polar surface area (TPSA) is 55.2 Å². The maximum Gasteiger partial charge on any atom is 0.279 e. The molecule has 1 aliphatic rings. The van der Waals surface area contributed by atoms with Crippen LogP contribution in [0.1, 0.15) is 6.92 Å². The molecule has 2 aromatic rings. The van der Waals surface area contributed by atoms with Crippen LogP contribution in [-0.4, -0.2) is 52.3 Å². The van der Waals surface area contributed by atoms with Crippen molar-refractivity contribution in [3.63, 3.8) is 0 Å². The average Bonchev–Trinajstić information content (AvgIpc) is 2.70. The first kappa shape index (κ1) is 19.0. The van der Waals surface area contributed by atoms with Gasteiger partial charge in [-0.15, -0.1) is 0 Å². The van der Waals surface area contributed by atoms with Crippen molar-refractivity contribution in [1.29, 1.82) is 0 Å². The van der Waals surface area contributed by atoms with Crippen LogP contribution >= 0.6 is 0 Å². The number of benzene rings is 2. The summed E-state index contributed by atoms with van der Waals surface area (Å²) in [5.41, 5.74) is 1.98. The summed E-state index contributed by atoms with van der Waals surface area (Å²) >= 11 is 0. The molecule has 2 N–H and O–H groups in total. The number of amides is 1. The molecule has 3 rings (SSSR count). The van der Waals surface area contributed by atoms with Crippen LogP contribution in [0.3, 0.4) is 0 Å². The van der Waals surface area contributed by atoms with Crippen molar-refractivity contribution in [2.75, 3.05) is 56.7 Å². The van der Waals surface area contributed by atoms with Crippen molar-refractivity contribution in [3.8, 4) is 11.5 Å². The Bertz CT molecular complexity index is 741. The first-order chi connectivity index (χ1) is 13.2. The monoisotopic (exact) mass is 370 g/mol. The molecule has 1 saturated heterocycles. The Morgan fingerprint density at radius 2 is 1.85 bits per heavy atom. The Hall–Kier alpha value is -2.73. The van der Waals surface area contributed by atoms with Gasteiger partial charge in [0, 0.05) is 17.4 Å². The smallest absolute Gasteiger partial charge is 0.279 e. The van der Waals surface area contributed by atoms with E-state index in [1.807, 2.05) is 43.3 Å². The lowest BCUT2D eigenvalue weighted by Crippen LogP contribution is -3.15. The molecule has 6 heteroatoms. The second-order valence-electron chi connectivity index (χ2n) is 6.62. The zero-order chi connectivity index (χ0) is 19.1. The van der Waals surface area contributed by atoms with Gasteiger partial charge in [-0.05, 0) is 43.3 Å². The Labute approximate surface area is 160 Å². The molecule has 0 saturated carbocycles. The SMILES string of the molecule is CCOc1ccc(NC(=O)C[NH+]2CCN(c3cccc(OC)c3)CC2)cc1. The second-order valence-corrected chi connectivity index (χ2v) is 6.62. The van der Waals surface area contributed by atoms with E-state index < -0.39 is 0 Å². The molecule has 0 unspecified atom stereocenters. The number of hydrogen-bond acceptors (Lipinski definition) is 4. The number of methoxy groups -OCH3 is 1. The molecule has 6 nitrogen and oxygen atoms in total. The number of nitrogens with zero attached hydrogens (tertiary/aromatic N) is 1. The average molecular weight is 370 g/mol. The van der Waals surface area contributed by atoms with Gasteiger partial charge in [0.1, 0.15) is 11.5 Å². The van der Waals surface area contributed by atoms with Crippen molar-refractivity contribution in [3.05, 3.63) is 48.5 Å². The van der Waals surface area contributed by atoms with E-state index in [0.717, 1.165) is 43.4 Å². The highest BCUT2D eigenvalue weighted by Gasteiger charge is 2.22. The Morgan fingerprint density at radius 1 is 1.11 bits per heavy atom. The predicted molar refractivity (Wildman–Crippen MR) is 107 cm³/mol. The number of ether oxygens (including phenoxy) is 2. The molecule has 0 radical (unpaired) electrons. The Kier molecular flexibility index (Phi) is 6.54. The molecule has 2 aromatic carbocycles. The Balaban J connectivity index is 1.46. The Morgan fingerprint density at radius 3 is 2.52 bits per heavy atom. The second kappa shape index (κ2) is 9.28. The normalized spacial score (nSPS) is 14.7. The van der Waals surface area contributed by atoms with Gasteiger partial charge in [-0.1, -0.05) is 6.07 Å². The van der Waals surface area contributed by atoms with Crippen LogP contribution in [0.15, 0.2) is 48.5 Å². The van der Waals surface area contributed by atoms with Crippen LogP contribution in [0.4, 0.5) is 11.4 Å². The third kappa shape index (κ3) is 5.37. The van der Waals surface area contributed by atoms with Gasteiger partial charge in [0.2, 0.25) is 0 Å². The highest BCUT2D eigenvalue weighted by Crippen LogP contribution is 2.20. The fourth-order valence-electron chi connectivity index (χ4n) is 3.30. The van der Waals surface area contributed by atoms with Crippen LogP contribution in [0.2, 0.25) is 0 Å². The summed E-state index contributed by atoms with van der Waals surface area (Å²) in [6.45, 7) is 6.81. The van der Waals surface area contributed by atoms with E-state index in [-0.39, 0.29) is 5.91 Å². The number of carbonyl (C=O) groups excluding carboxylic acids is 1. The number of rotatable bonds is 7. The van der Waals surface area contributed by atoms with E-state index >= 15 is 0 Å². The molecular weight excluding hydrogens is 342 g/mol. The van der Waals surface area contributed by atoms with Crippen LogP contribution in [-0.2, 0) is 4.79 Å². The molecule has 1 amide bonds. The summed E-state index contributed by atoms with van der Waals surface area (Å²) in [6.07, 6.45) is 0. The third-order valence-corrected chi connectivity index (χ3v) is 4.75. The number of anilines is 2. The summed E-state index contributed by atoms with van der Waals surface area (Å²) < 4.78 is 10.7. The van der Waals surface area contributed by atoms with E-state index in [1.165, 1.54) is 10.6 Å². The predicted octanol–water partition coefficient (Wildman–Crippen LogP) is 1.44. The highest BCUT2D eigenvalue weighted by molar-refractivity contribution is 5.91. The molecule has 1 aliphatic heterocycles. The van der Waals surface area contributed by atoms with Crippen molar-refractivity contribution in [2.45, 2.75) is 6.92 Å². The summed E-state index contributed by atoms with van der Waals surface area (Å²) in [6, 6.07) is 15.6. The maximum atomic E-state index is 12.3. The molecule has 0 aromatic heterocycles. The molecular formula is C21H28N3O3+. The minimum atomic E-state index is 0.0454. The quantitative estimate of drug-likeness (QED) is 0.774. The summed E-state index contributed by atoms with van der Waals surface area (Å²) in [5, 5.41) is 2.97. The number of quaternary nitrogens is 1. The summed E-state index contributed by atoms with van der Waals surface area (Å²) in [5.74, 6) is 1.73. The third-order valence-electron chi connectivity index (χ3n) is 4.75. The largest absolute Gasteiger partial charge is 0.497 e. The molecule has 0 bridgehead atoms. The molecule has 27 heavy (non-hydrogen) atoms. The number of hydrogen-bond donors (Lipinski definition) is 2. The lowest BCUT2D eigenvalue weighted by atomic mass is 10.2.